The van der Waals surface area contributed by atoms with Crippen LogP contribution in [0.1, 0.15) is 41.5 Å². The summed E-state index contributed by atoms with van der Waals surface area (Å²) in [5, 5.41) is 0. The van der Waals surface area contributed by atoms with E-state index in [9.17, 15) is 80.6 Å². The topological polar surface area (TPSA) is 68.3 Å². The SMILES string of the molecule is CC(C)(C)C(=O)[CH-]C(=O)C(F)(F)C(F)(F)C(F)(F)F.CC(C)(C)C(=O)[CH-]C(=O)C(F)(F)C(F)(F)C(F)(F)F.[Pb+2]. The van der Waals surface area contributed by atoms with Crippen molar-refractivity contribution in [3.05, 3.63) is 12.8 Å². The van der Waals surface area contributed by atoms with E-state index in [1.807, 2.05) is 0 Å². The Morgan fingerprint density at radius 1 is 0.410 bits per heavy atom. The van der Waals surface area contributed by atoms with Gasteiger partial charge in [-0.05, 0) is 10.8 Å². The van der Waals surface area contributed by atoms with Gasteiger partial charge in [-0.25, -0.2) is 0 Å². The zero-order chi connectivity index (χ0) is 31.7. The van der Waals surface area contributed by atoms with Crippen LogP contribution in [-0.4, -0.2) is 86.5 Å². The standard InChI is InChI=1S/2C10H10F7O2.Pb/c2*1-7(2,3)5(18)4-6(19)8(11,12)9(13,14)10(15,16)17;/h2*4H,1-3H3;/q2*-1;+2. The van der Waals surface area contributed by atoms with Gasteiger partial charge >= 0.3 is 63.3 Å². The number of carbonyl (C=O) groups is 4. The summed E-state index contributed by atoms with van der Waals surface area (Å²) in [6.45, 7) is 7.08. The van der Waals surface area contributed by atoms with Crippen LogP contribution >= 0.6 is 0 Å². The van der Waals surface area contributed by atoms with E-state index in [2.05, 4.69) is 0 Å². The van der Waals surface area contributed by atoms with Crippen molar-refractivity contribution in [3.63, 3.8) is 0 Å². The summed E-state index contributed by atoms with van der Waals surface area (Å²) in [4.78, 5) is 43.9. The van der Waals surface area contributed by atoms with Crippen LogP contribution in [0.5, 0.6) is 0 Å². The predicted molar refractivity (Wildman–Crippen MR) is 105 cm³/mol. The van der Waals surface area contributed by atoms with Crippen LogP contribution in [0.3, 0.4) is 0 Å². The van der Waals surface area contributed by atoms with Gasteiger partial charge in [-0.3, -0.25) is 12.8 Å². The molecule has 0 heterocycles. The second kappa shape index (κ2) is 12.5. The summed E-state index contributed by atoms with van der Waals surface area (Å²) >= 11 is 0. The third kappa shape index (κ3) is 9.75. The Hall–Kier alpha value is -1.64. The maximum Gasteiger partial charge on any atom is 2.00 e. The van der Waals surface area contributed by atoms with E-state index < -0.39 is 82.8 Å². The minimum atomic E-state index is -6.61. The molecule has 0 rings (SSSR count). The smallest absolute Gasteiger partial charge is 0.333 e. The molecule has 0 saturated carbocycles. The van der Waals surface area contributed by atoms with E-state index in [-0.39, 0.29) is 27.3 Å². The Morgan fingerprint density at radius 2 is 0.590 bits per heavy atom. The molecular weight excluding hydrogens is 777 g/mol. The zero-order valence-electron chi connectivity index (χ0n) is 20.6. The van der Waals surface area contributed by atoms with Gasteiger partial charge in [0.05, 0.1) is 11.6 Å². The van der Waals surface area contributed by atoms with E-state index in [0.29, 0.717) is 0 Å². The molecule has 0 saturated heterocycles. The Kier molecular flexibility index (Phi) is 13.4. The van der Waals surface area contributed by atoms with Gasteiger partial charge in [0.25, 0.3) is 0 Å². The molecule has 0 spiro atoms. The van der Waals surface area contributed by atoms with Crippen molar-refractivity contribution in [1.82, 2.24) is 0 Å². The van der Waals surface area contributed by atoms with Gasteiger partial charge in [-0.15, -0.1) is 0 Å². The van der Waals surface area contributed by atoms with E-state index in [1.54, 1.807) is 0 Å². The van der Waals surface area contributed by atoms with Crippen LogP contribution in [0.25, 0.3) is 0 Å². The number of hydrogen-bond acceptors (Lipinski definition) is 4. The molecule has 0 N–H and O–H groups in total. The molecule has 0 bridgehead atoms. The Balaban J connectivity index is -0.000000648. The minimum absolute atomic E-state index is 0. The fraction of sp³-hybridized carbons (Fsp3) is 0.700. The van der Waals surface area contributed by atoms with Crippen LogP contribution in [0.4, 0.5) is 61.5 Å². The summed E-state index contributed by atoms with van der Waals surface area (Å²) in [5.41, 5.74) is -2.72. The second-order valence-electron chi connectivity index (χ2n) is 9.54. The van der Waals surface area contributed by atoms with Gasteiger partial charge in [0.1, 0.15) is 0 Å². The number of halogens is 14. The molecule has 0 unspecified atom stereocenters. The average molecular weight is 798 g/mol. The number of rotatable bonds is 8. The predicted octanol–water partition coefficient (Wildman–Crippen LogP) is 6.03. The summed E-state index contributed by atoms with van der Waals surface area (Å²) < 4.78 is 172. The molecule has 2 radical (unpaired) electrons. The molecule has 19 heteroatoms. The molecule has 226 valence electrons. The van der Waals surface area contributed by atoms with Crippen molar-refractivity contribution in [2.45, 2.75) is 77.6 Å². The molecule has 0 aromatic carbocycles. The van der Waals surface area contributed by atoms with Crippen molar-refractivity contribution >= 4 is 50.4 Å². The number of hydrogen-bond donors (Lipinski definition) is 0. The molecule has 4 nitrogen and oxygen atoms in total. The normalized spacial score (nSPS) is 13.8. The number of carbonyl (C=O) groups excluding carboxylic acids is 4. The molecule has 39 heavy (non-hydrogen) atoms. The van der Waals surface area contributed by atoms with Crippen molar-refractivity contribution < 1.29 is 80.6 Å². The molecule has 0 aliphatic carbocycles. The summed E-state index contributed by atoms with van der Waals surface area (Å²) in [6, 6.07) is 0. The minimum Gasteiger partial charge on any atom is -0.333 e. The molecule has 0 aromatic rings. The fourth-order valence-electron chi connectivity index (χ4n) is 1.52. The van der Waals surface area contributed by atoms with Crippen molar-refractivity contribution in [2.75, 3.05) is 0 Å². The third-order valence-corrected chi connectivity index (χ3v) is 4.12. The Morgan fingerprint density at radius 3 is 0.718 bits per heavy atom. The third-order valence-electron chi connectivity index (χ3n) is 4.12. The molecular formula is C20H20F14O4Pb. The molecule has 0 aliphatic heterocycles. The number of ketones is 4. The van der Waals surface area contributed by atoms with Gasteiger partial charge in [0.2, 0.25) is 0 Å². The van der Waals surface area contributed by atoms with Gasteiger partial charge in [0, 0.05) is 11.6 Å². The molecule has 0 aromatic heterocycles. The van der Waals surface area contributed by atoms with Crippen molar-refractivity contribution in [2.24, 2.45) is 10.8 Å². The Labute approximate surface area is 232 Å². The van der Waals surface area contributed by atoms with Gasteiger partial charge in [-0.2, -0.15) is 61.5 Å². The second-order valence-corrected chi connectivity index (χ2v) is 9.54. The first kappa shape index (κ1) is 41.8. The van der Waals surface area contributed by atoms with Gasteiger partial charge < -0.3 is 19.2 Å². The van der Waals surface area contributed by atoms with Crippen LogP contribution < -0.4 is 0 Å². The van der Waals surface area contributed by atoms with Crippen LogP contribution in [-0.2, 0) is 19.2 Å². The van der Waals surface area contributed by atoms with Crippen molar-refractivity contribution in [1.29, 1.82) is 0 Å². The number of alkyl halides is 14. The fourth-order valence-corrected chi connectivity index (χ4v) is 1.52. The van der Waals surface area contributed by atoms with Crippen LogP contribution in [0, 0.1) is 23.7 Å². The van der Waals surface area contributed by atoms with E-state index >= 15 is 0 Å². The maximum absolute atomic E-state index is 12.8. The monoisotopic (exact) mass is 798 g/mol. The van der Waals surface area contributed by atoms with E-state index in [4.69, 9.17) is 0 Å². The molecule has 0 aliphatic rings. The van der Waals surface area contributed by atoms with Gasteiger partial charge in [-0.1, -0.05) is 41.5 Å². The molecule has 0 atom stereocenters. The first-order valence-corrected chi connectivity index (χ1v) is 9.62. The first-order chi connectivity index (χ1) is 16.1. The van der Waals surface area contributed by atoms with Crippen LogP contribution in [0.15, 0.2) is 0 Å². The molecule has 0 amide bonds. The summed E-state index contributed by atoms with van der Waals surface area (Å²) in [5.74, 6) is -33.5. The van der Waals surface area contributed by atoms with E-state index in [1.165, 1.54) is 41.5 Å². The molecule has 0 fully saturated rings. The largest absolute Gasteiger partial charge is 2.00 e. The van der Waals surface area contributed by atoms with Gasteiger partial charge in [0.15, 0.2) is 0 Å². The van der Waals surface area contributed by atoms with E-state index in [0.717, 1.165) is 0 Å². The number of Topliss-reactive ketones (excluding diaryl/α,β-unsaturated/α-hetero) is 4. The quantitative estimate of drug-likeness (QED) is 0.130. The summed E-state index contributed by atoms with van der Waals surface area (Å²) in [6.07, 6.45) is -14.1. The first-order valence-electron chi connectivity index (χ1n) is 9.62. The maximum atomic E-state index is 12.8. The average Bonchev–Trinajstić information content (AvgIpc) is 2.64. The summed E-state index contributed by atoms with van der Waals surface area (Å²) in [7, 11) is 0. The van der Waals surface area contributed by atoms with Crippen LogP contribution in [0.2, 0.25) is 0 Å². The van der Waals surface area contributed by atoms with Crippen molar-refractivity contribution in [3.8, 4) is 0 Å². The Bertz CT molecular complexity index is 833. The zero-order valence-corrected chi connectivity index (χ0v) is 24.5.